The SMILES string of the molecule is O=C([O-])c1cccc(C(=O)[O-])c1C(=O)[O-].[Cu]. The van der Waals surface area contributed by atoms with Crippen molar-refractivity contribution in [2.24, 2.45) is 0 Å². The van der Waals surface area contributed by atoms with E-state index in [9.17, 15) is 29.7 Å². The molecule has 7 heteroatoms. The van der Waals surface area contributed by atoms with Crippen molar-refractivity contribution in [2.45, 2.75) is 0 Å². The van der Waals surface area contributed by atoms with Gasteiger partial charge in [0, 0.05) is 33.8 Å². The second-order valence-electron chi connectivity index (χ2n) is 2.59. The van der Waals surface area contributed by atoms with E-state index in [-0.39, 0.29) is 17.1 Å². The molecule has 0 atom stereocenters. The Balaban J connectivity index is 0.00000225. The molecule has 0 saturated carbocycles. The van der Waals surface area contributed by atoms with Gasteiger partial charge in [0.25, 0.3) is 0 Å². The molecule has 1 aromatic carbocycles. The maximum absolute atomic E-state index is 10.6. The van der Waals surface area contributed by atoms with Crippen LogP contribution in [0.4, 0.5) is 0 Å². The van der Waals surface area contributed by atoms with Crippen LogP contribution in [-0.4, -0.2) is 17.9 Å². The summed E-state index contributed by atoms with van der Waals surface area (Å²) in [5.41, 5.74) is -2.45. The summed E-state index contributed by atoms with van der Waals surface area (Å²) in [7, 11) is 0. The molecule has 0 saturated heterocycles. The molecular formula is C9H3CuO6-3. The van der Waals surface area contributed by atoms with Gasteiger partial charge in [-0.25, -0.2) is 0 Å². The molecule has 0 aliphatic rings. The van der Waals surface area contributed by atoms with Crippen LogP contribution in [0.25, 0.3) is 0 Å². The first-order valence-electron chi connectivity index (χ1n) is 3.72. The second kappa shape index (κ2) is 5.29. The zero-order chi connectivity index (χ0) is 11.6. The number of carbonyl (C=O) groups is 3. The number of carboxylic acids is 3. The number of hydrogen-bond donors (Lipinski definition) is 0. The van der Waals surface area contributed by atoms with E-state index in [1.54, 1.807) is 0 Å². The smallest absolute Gasteiger partial charge is 0.0728 e. The first-order valence-corrected chi connectivity index (χ1v) is 3.72. The Bertz CT molecular complexity index is 421. The van der Waals surface area contributed by atoms with Gasteiger partial charge in [0.1, 0.15) is 0 Å². The molecule has 6 nitrogen and oxygen atoms in total. The molecule has 0 amide bonds. The predicted molar refractivity (Wildman–Crippen MR) is 39.4 cm³/mol. The summed E-state index contributed by atoms with van der Waals surface area (Å²) in [5.74, 6) is -5.50. The van der Waals surface area contributed by atoms with E-state index in [2.05, 4.69) is 0 Å². The first-order chi connectivity index (χ1) is 6.95. The Kier molecular flexibility index (Phi) is 4.68. The van der Waals surface area contributed by atoms with Crippen LogP contribution in [-0.2, 0) is 17.1 Å². The summed E-state index contributed by atoms with van der Waals surface area (Å²) in [5, 5.41) is 31.5. The summed E-state index contributed by atoms with van der Waals surface area (Å²) in [6.45, 7) is 0. The van der Waals surface area contributed by atoms with Gasteiger partial charge in [0.2, 0.25) is 0 Å². The van der Waals surface area contributed by atoms with Crippen molar-refractivity contribution < 1.29 is 46.8 Å². The van der Waals surface area contributed by atoms with E-state index in [0.29, 0.717) is 0 Å². The monoisotopic (exact) mass is 270 g/mol. The molecule has 0 aliphatic heterocycles. The Morgan fingerprint density at radius 3 is 1.44 bits per heavy atom. The van der Waals surface area contributed by atoms with Gasteiger partial charge >= 0.3 is 0 Å². The maximum atomic E-state index is 10.6. The minimum Gasteiger partial charge on any atom is -0.545 e. The summed E-state index contributed by atoms with van der Waals surface area (Å²) >= 11 is 0. The van der Waals surface area contributed by atoms with E-state index < -0.39 is 34.6 Å². The first kappa shape index (κ1) is 14.1. The number of aromatic carboxylic acids is 3. The van der Waals surface area contributed by atoms with Gasteiger partial charge < -0.3 is 29.7 Å². The van der Waals surface area contributed by atoms with E-state index in [0.717, 1.165) is 18.2 Å². The van der Waals surface area contributed by atoms with Crippen molar-refractivity contribution in [1.29, 1.82) is 0 Å². The Morgan fingerprint density at radius 1 is 0.812 bits per heavy atom. The van der Waals surface area contributed by atoms with Gasteiger partial charge in [0.15, 0.2) is 0 Å². The normalized spacial score (nSPS) is 9.00. The number of benzene rings is 1. The molecule has 0 aromatic heterocycles. The van der Waals surface area contributed by atoms with Crippen molar-refractivity contribution in [3.63, 3.8) is 0 Å². The van der Waals surface area contributed by atoms with E-state index >= 15 is 0 Å². The van der Waals surface area contributed by atoms with Crippen molar-refractivity contribution in [3.05, 3.63) is 34.9 Å². The quantitative estimate of drug-likeness (QED) is 0.533. The van der Waals surface area contributed by atoms with Crippen LogP contribution in [0.15, 0.2) is 18.2 Å². The number of rotatable bonds is 3. The predicted octanol–water partition coefficient (Wildman–Crippen LogP) is -3.23. The topological polar surface area (TPSA) is 120 Å². The van der Waals surface area contributed by atoms with Crippen LogP contribution in [0.5, 0.6) is 0 Å². The molecule has 0 fully saturated rings. The molecule has 16 heavy (non-hydrogen) atoms. The molecule has 1 aromatic rings. The third-order valence-corrected chi connectivity index (χ3v) is 1.71. The van der Waals surface area contributed by atoms with Crippen LogP contribution in [0.2, 0.25) is 0 Å². The van der Waals surface area contributed by atoms with Gasteiger partial charge in [0.05, 0.1) is 17.9 Å². The summed E-state index contributed by atoms with van der Waals surface area (Å²) in [6.07, 6.45) is 0. The number of carboxylic acid groups (broad SMARTS) is 3. The van der Waals surface area contributed by atoms with E-state index in [1.807, 2.05) is 0 Å². The fraction of sp³-hybridized carbons (Fsp3) is 0. The molecule has 0 heterocycles. The van der Waals surface area contributed by atoms with Gasteiger partial charge in [-0.15, -0.1) is 0 Å². The zero-order valence-electron chi connectivity index (χ0n) is 7.48. The van der Waals surface area contributed by atoms with E-state index in [1.165, 1.54) is 0 Å². The summed E-state index contributed by atoms with van der Waals surface area (Å²) in [4.78, 5) is 31.5. The molecule has 1 rings (SSSR count). The molecule has 0 unspecified atom stereocenters. The Labute approximate surface area is 100.0 Å². The van der Waals surface area contributed by atoms with Crippen molar-refractivity contribution in [2.75, 3.05) is 0 Å². The molecule has 0 aliphatic carbocycles. The molecule has 0 spiro atoms. The molecular weight excluding hydrogens is 268 g/mol. The van der Waals surface area contributed by atoms with Crippen LogP contribution < -0.4 is 15.3 Å². The van der Waals surface area contributed by atoms with Crippen molar-refractivity contribution in [1.82, 2.24) is 0 Å². The summed E-state index contributed by atoms with van der Waals surface area (Å²) < 4.78 is 0. The molecule has 1 radical (unpaired) electrons. The van der Waals surface area contributed by atoms with Crippen molar-refractivity contribution in [3.8, 4) is 0 Å². The fourth-order valence-corrected chi connectivity index (χ4v) is 1.11. The average Bonchev–Trinajstić information content (AvgIpc) is 2.16. The number of carbonyl (C=O) groups excluding carboxylic acids is 3. The number of hydrogen-bond acceptors (Lipinski definition) is 6. The van der Waals surface area contributed by atoms with Crippen LogP contribution in [0.3, 0.4) is 0 Å². The van der Waals surface area contributed by atoms with Gasteiger partial charge in [-0.05, 0) is 0 Å². The van der Waals surface area contributed by atoms with Gasteiger partial charge in [-0.2, -0.15) is 0 Å². The standard InChI is InChI=1S/C9H6O6.Cu/c10-7(11)4-2-1-3-5(8(12)13)6(4)9(14)15;/h1-3H,(H,10,11)(H,12,13)(H,14,15);/p-3. The molecule has 0 bridgehead atoms. The van der Waals surface area contributed by atoms with Crippen LogP contribution >= 0.6 is 0 Å². The summed E-state index contributed by atoms with van der Waals surface area (Å²) in [6, 6.07) is 2.89. The average molecular weight is 271 g/mol. The van der Waals surface area contributed by atoms with Gasteiger partial charge in [-0.3, -0.25) is 0 Å². The Hall–Kier alpha value is -1.85. The van der Waals surface area contributed by atoms with Crippen LogP contribution in [0.1, 0.15) is 31.1 Å². The Morgan fingerprint density at radius 2 is 1.19 bits per heavy atom. The maximum Gasteiger partial charge on any atom is 0.0728 e. The van der Waals surface area contributed by atoms with Gasteiger partial charge in [-0.1, -0.05) is 18.2 Å². The van der Waals surface area contributed by atoms with Crippen LogP contribution in [0, 0.1) is 0 Å². The van der Waals surface area contributed by atoms with E-state index in [4.69, 9.17) is 0 Å². The van der Waals surface area contributed by atoms with Crippen molar-refractivity contribution >= 4 is 17.9 Å². The third kappa shape index (κ3) is 2.59. The minimum absolute atomic E-state index is 0. The molecule has 0 N–H and O–H groups in total. The third-order valence-electron chi connectivity index (χ3n) is 1.71. The second-order valence-corrected chi connectivity index (χ2v) is 2.59. The zero-order valence-corrected chi connectivity index (χ0v) is 8.42. The largest absolute Gasteiger partial charge is 0.545 e. The fourth-order valence-electron chi connectivity index (χ4n) is 1.11. The minimum atomic E-state index is -1.91. The molecule has 89 valence electrons.